The van der Waals surface area contributed by atoms with Crippen molar-refractivity contribution < 1.29 is 14.7 Å². The van der Waals surface area contributed by atoms with Gasteiger partial charge in [-0.2, -0.15) is 0 Å². The van der Waals surface area contributed by atoms with Gasteiger partial charge in [0.05, 0.1) is 0 Å². The lowest BCUT2D eigenvalue weighted by atomic mass is 10.2. The molecular formula is C12H10O3. The van der Waals surface area contributed by atoms with Crippen LogP contribution in [0.3, 0.4) is 0 Å². The molecule has 0 spiro atoms. The van der Waals surface area contributed by atoms with Gasteiger partial charge in [0.25, 0.3) is 5.78 Å². The predicted octanol–water partition coefficient (Wildman–Crippen LogP) is 1.91. The van der Waals surface area contributed by atoms with Crippen LogP contribution in [0.1, 0.15) is 5.56 Å². The van der Waals surface area contributed by atoms with E-state index < -0.39 is 11.8 Å². The molecule has 0 aromatic heterocycles. The summed E-state index contributed by atoms with van der Waals surface area (Å²) in [5.74, 6) is -2.37. The summed E-state index contributed by atoms with van der Waals surface area (Å²) in [5.41, 5.74) is 0.991. The first-order valence-corrected chi connectivity index (χ1v) is 4.37. The van der Waals surface area contributed by atoms with Crippen LogP contribution in [0.2, 0.25) is 0 Å². The third-order valence-electron chi connectivity index (χ3n) is 1.66. The Bertz CT molecular complexity index is 402. The molecule has 0 unspecified atom stereocenters. The highest BCUT2D eigenvalue weighted by Crippen LogP contribution is 2.00. The molecule has 76 valence electrons. The molecule has 1 rings (SSSR count). The molecular weight excluding hydrogens is 192 g/mol. The molecule has 3 nitrogen and oxygen atoms in total. The number of carbonyl (C=O) groups excluding carboxylic acids is 1. The Hall–Kier alpha value is -2.16. The molecule has 0 fully saturated rings. The maximum atomic E-state index is 10.6. The first kappa shape index (κ1) is 10.9. The second-order valence-electron chi connectivity index (χ2n) is 2.80. The van der Waals surface area contributed by atoms with Crippen molar-refractivity contribution in [1.82, 2.24) is 0 Å². The molecule has 1 N–H and O–H groups in total. The van der Waals surface area contributed by atoms with Crippen molar-refractivity contribution in [2.45, 2.75) is 0 Å². The zero-order chi connectivity index (χ0) is 11.1. The average Bonchev–Trinajstić information content (AvgIpc) is 2.25. The van der Waals surface area contributed by atoms with Crippen LogP contribution in [0.5, 0.6) is 0 Å². The van der Waals surface area contributed by atoms with E-state index in [4.69, 9.17) is 5.11 Å². The lowest BCUT2D eigenvalue weighted by Gasteiger charge is -1.88. The van der Waals surface area contributed by atoms with Crippen molar-refractivity contribution in [3.05, 3.63) is 54.1 Å². The van der Waals surface area contributed by atoms with Crippen molar-refractivity contribution in [3.8, 4) is 0 Å². The fraction of sp³-hybridized carbons (Fsp3) is 0. The second kappa shape index (κ2) is 5.54. The summed E-state index contributed by atoms with van der Waals surface area (Å²) >= 11 is 0. The van der Waals surface area contributed by atoms with Crippen LogP contribution in [0, 0.1) is 0 Å². The molecule has 0 bridgehead atoms. The minimum atomic E-state index is -1.45. The lowest BCUT2D eigenvalue weighted by Crippen LogP contribution is -2.08. The molecule has 15 heavy (non-hydrogen) atoms. The number of carboxylic acid groups (broad SMARTS) is 1. The molecule has 0 atom stereocenters. The number of hydrogen-bond acceptors (Lipinski definition) is 2. The Morgan fingerprint density at radius 1 is 1.07 bits per heavy atom. The predicted molar refractivity (Wildman–Crippen MR) is 57.3 cm³/mol. The van der Waals surface area contributed by atoms with Gasteiger partial charge in [0.2, 0.25) is 0 Å². The van der Waals surface area contributed by atoms with Crippen LogP contribution in [0.15, 0.2) is 48.6 Å². The number of ketones is 1. The molecule has 0 aliphatic carbocycles. The van der Waals surface area contributed by atoms with Gasteiger partial charge in [-0.05, 0) is 11.6 Å². The molecule has 3 heteroatoms. The van der Waals surface area contributed by atoms with Gasteiger partial charge >= 0.3 is 5.97 Å². The van der Waals surface area contributed by atoms with E-state index in [1.165, 1.54) is 6.08 Å². The van der Waals surface area contributed by atoms with Crippen molar-refractivity contribution in [3.63, 3.8) is 0 Å². The van der Waals surface area contributed by atoms with Gasteiger partial charge in [-0.25, -0.2) is 4.79 Å². The van der Waals surface area contributed by atoms with E-state index in [2.05, 4.69) is 0 Å². The van der Waals surface area contributed by atoms with Crippen LogP contribution < -0.4 is 0 Å². The zero-order valence-corrected chi connectivity index (χ0v) is 7.96. The fourth-order valence-corrected chi connectivity index (χ4v) is 0.945. The first-order chi connectivity index (χ1) is 7.20. The first-order valence-electron chi connectivity index (χ1n) is 4.37. The standard InChI is InChI=1S/C12H10O3/c13-11(12(14)15)9-5-4-8-10-6-2-1-3-7-10/h1-9H,(H,14,15). The van der Waals surface area contributed by atoms with Gasteiger partial charge < -0.3 is 5.11 Å². The quantitative estimate of drug-likeness (QED) is 0.461. The van der Waals surface area contributed by atoms with Crippen molar-refractivity contribution in [2.24, 2.45) is 0 Å². The van der Waals surface area contributed by atoms with Crippen LogP contribution in [0.25, 0.3) is 6.08 Å². The van der Waals surface area contributed by atoms with Gasteiger partial charge in [-0.1, -0.05) is 48.6 Å². The largest absolute Gasteiger partial charge is 0.475 e. The number of aliphatic carboxylic acids is 1. The molecule has 1 aromatic carbocycles. The highest BCUT2D eigenvalue weighted by molar-refractivity contribution is 6.37. The molecule has 0 saturated heterocycles. The molecule has 0 saturated carbocycles. The van der Waals surface area contributed by atoms with Crippen LogP contribution in [0.4, 0.5) is 0 Å². The van der Waals surface area contributed by atoms with E-state index >= 15 is 0 Å². The van der Waals surface area contributed by atoms with E-state index in [0.29, 0.717) is 0 Å². The smallest absolute Gasteiger partial charge is 0.376 e. The Morgan fingerprint density at radius 2 is 1.73 bits per heavy atom. The van der Waals surface area contributed by atoms with Gasteiger partial charge in [-0.3, -0.25) is 4.79 Å². The molecule has 0 heterocycles. The SMILES string of the molecule is O=C(O)C(=O)C=CC=Cc1ccccc1. The second-order valence-corrected chi connectivity index (χ2v) is 2.80. The zero-order valence-electron chi connectivity index (χ0n) is 7.96. The van der Waals surface area contributed by atoms with Gasteiger partial charge in [-0.15, -0.1) is 0 Å². The summed E-state index contributed by atoms with van der Waals surface area (Å²) in [6.45, 7) is 0. The maximum Gasteiger partial charge on any atom is 0.376 e. The fourth-order valence-electron chi connectivity index (χ4n) is 0.945. The minimum Gasteiger partial charge on any atom is -0.475 e. The van der Waals surface area contributed by atoms with Crippen LogP contribution in [-0.4, -0.2) is 16.9 Å². The summed E-state index contributed by atoms with van der Waals surface area (Å²) in [5, 5.41) is 8.27. The van der Waals surface area contributed by atoms with E-state index in [1.54, 1.807) is 12.2 Å². The summed E-state index contributed by atoms with van der Waals surface area (Å²) < 4.78 is 0. The highest BCUT2D eigenvalue weighted by Gasteiger charge is 2.03. The van der Waals surface area contributed by atoms with Crippen LogP contribution >= 0.6 is 0 Å². The monoisotopic (exact) mass is 202 g/mol. The Kier molecular flexibility index (Phi) is 4.04. The number of allylic oxidation sites excluding steroid dienone is 2. The summed E-state index contributed by atoms with van der Waals surface area (Å²) in [4.78, 5) is 20.8. The minimum absolute atomic E-state index is 0.923. The van der Waals surface area contributed by atoms with E-state index in [0.717, 1.165) is 11.6 Å². The van der Waals surface area contributed by atoms with Crippen molar-refractivity contribution in [2.75, 3.05) is 0 Å². The Labute approximate surface area is 87.4 Å². The molecule has 0 amide bonds. The topological polar surface area (TPSA) is 54.4 Å². The number of hydrogen-bond donors (Lipinski definition) is 1. The number of carbonyl (C=O) groups is 2. The van der Waals surface area contributed by atoms with Crippen molar-refractivity contribution >= 4 is 17.8 Å². The summed E-state index contributed by atoms with van der Waals surface area (Å²) in [7, 11) is 0. The Balaban J connectivity index is 2.54. The number of rotatable bonds is 4. The summed E-state index contributed by atoms with van der Waals surface area (Å²) in [6, 6.07) is 9.51. The van der Waals surface area contributed by atoms with Gasteiger partial charge in [0, 0.05) is 0 Å². The number of carboxylic acids is 1. The normalized spacial score (nSPS) is 10.9. The van der Waals surface area contributed by atoms with E-state index in [1.807, 2.05) is 30.3 Å². The number of benzene rings is 1. The summed E-state index contributed by atoms with van der Waals surface area (Å²) in [6.07, 6.45) is 5.83. The average molecular weight is 202 g/mol. The molecule has 0 aliphatic rings. The van der Waals surface area contributed by atoms with Gasteiger partial charge in [0.1, 0.15) is 0 Å². The van der Waals surface area contributed by atoms with Crippen molar-refractivity contribution in [1.29, 1.82) is 0 Å². The van der Waals surface area contributed by atoms with Gasteiger partial charge in [0.15, 0.2) is 0 Å². The lowest BCUT2D eigenvalue weighted by molar-refractivity contribution is -0.146. The maximum absolute atomic E-state index is 10.6. The third-order valence-corrected chi connectivity index (χ3v) is 1.66. The van der Waals surface area contributed by atoms with E-state index in [9.17, 15) is 9.59 Å². The molecule has 0 aliphatic heterocycles. The Morgan fingerprint density at radius 3 is 2.33 bits per heavy atom. The molecule has 1 aromatic rings. The highest BCUT2D eigenvalue weighted by atomic mass is 16.4. The van der Waals surface area contributed by atoms with Crippen LogP contribution in [-0.2, 0) is 9.59 Å². The van der Waals surface area contributed by atoms with E-state index in [-0.39, 0.29) is 0 Å². The third kappa shape index (κ3) is 4.04. The molecule has 0 radical (unpaired) electrons.